The van der Waals surface area contributed by atoms with E-state index in [9.17, 15) is 9.59 Å². The van der Waals surface area contributed by atoms with Crippen LogP contribution >= 0.6 is 0 Å². The van der Waals surface area contributed by atoms with Gasteiger partial charge in [-0.05, 0) is 29.8 Å². The van der Waals surface area contributed by atoms with E-state index in [1.807, 2.05) is 6.07 Å². The van der Waals surface area contributed by atoms with Crippen molar-refractivity contribution in [1.82, 2.24) is 5.32 Å². The summed E-state index contributed by atoms with van der Waals surface area (Å²) in [5, 5.41) is 2.56. The summed E-state index contributed by atoms with van der Waals surface area (Å²) in [7, 11) is 1.57. The molecule has 0 saturated carbocycles. The van der Waals surface area contributed by atoms with Crippen LogP contribution in [0, 0.1) is 0 Å². The number of rotatable bonds is 7. The highest BCUT2D eigenvalue weighted by atomic mass is 16.5. The summed E-state index contributed by atoms with van der Waals surface area (Å²) < 4.78 is 10.4. The Balaban J connectivity index is 1.93. The van der Waals surface area contributed by atoms with Crippen molar-refractivity contribution in [3.8, 4) is 11.5 Å². The van der Waals surface area contributed by atoms with Gasteiger partial charge in [-0.15, -0.1) is 0 Å². The zero-order valence-electron chi connectivity index (χ0n) is 12.7. The van der Waals surface area contributed by atoms with Crippen LogP contribution in [0.15, 0.2) is 54.6 Å². The SMILES string of the molecule is COc1ccc(OCC(=O)NC(C(N)=O)c2ccccc2)cc1. The largest absolute Gasteiger partial charge is 0.497 e. The fourth-order valence-corrected chi connectivity index (χ4v) is 1.99. The minimum atomic E-state index is -0.886. The van der Waals surface area contributed by atoms with Crippen LogP contribution in [-0.4, -0.2) is 25.5 Å². The summed E-state index contributed by atoms with van der Waals surface area (Å²) in [6.45, 7) is -0.219. The third-order valence-electron chi connectivity index (χ3n) is 3.15. The Morgan fingerprint density at radius 3 is 2.22 bits per heavy atom. The van der Waals surface area contributed by atoms with Gasteiger partial charge in [0.25, 0.3) is 5.91 Å². The predicted molar refractivity (Wildman–Crippen MR) is 85.0 cm³/mol. The average Bonchev–Trinajstić information content (AvgIpc) is 2.58. The number of methoxy groups -OCH3 is 1. The Bertz CT molecular complexity index is 656. The number of amides is 2. The molecular weight excluding hydrogens is 296 g/mol. The smallest absolute Gasteiger partial charge is 0.258 e. The van der Waals surface area contributed by atoms with Crippen LogP contribution in [0.25, 0.3) is 0 Å². The van der Waals surface area contributed by atoms with Gasteiger partial charge in [0.1, 0.15) is 17.5 Å². The molecule has 0 fully saturated rings. The number of primary amides is 1. The molecule has 0 saturated heterocycles. The molecule has 2 amide bonds. The monoisotopic (exact) mass is 314 g/mol. The van der Waals surface area contributed by atoms with E-state index in [-0.39, 0.29) is 6.61 Å². The minimum Gasteiger partial charge on any atom is -0.497 e. The molecule has 0 aliphatic rings. The lowest BCUT2D eigenvalue weighted by Gasteiger charge is -2.16. The molecule has 1 atom stereocenters. The number of nitrogens with one attached hydrogen (secondary N) is 1. The van der Waals surface area contributed by atoms with Crippen LogP contribution in [0.2, 0.25) is 0 Å². The van der Waals surface area contributed by atoms with Crippen molar-refractivity contribution < 1.29 is 19.1 Å². The van der Waals surface area contributed by atoms with Crippen molar-refractivity contribution in [3.05, 3.63) is 60.2 Å². The molecule has 0 aromatic heterocycles. The molecule has 2 aromatic rings. The maximum Gasteiger partial charge on any atom is 0.258 e. The lowest BCUT2D eigenvalue weighted by atomic mass is 10.1. The molecule has 0 aliphatic carbocycles. The van der Waals surface area contributed by atoms with Gasteiger partial charge >= 0.3 is 0 Å². The molecule has 120 valence electrons. The molecular formula is C17H18N2O4. The highest BCUT2D eigenvalue weighted by molar-refractivity contribution is 5.88. The standard InChI is InChI=1S/C17H18N2O4/c1-22-13-7-9-14(10-8-13)23-11-15(20)19-16(17(18)21)12-5-3-2-4-6-12/h2-10,16H,11H2,1H3,(H2,18,21)(H,19,20). The van der Waals surface area contributed by atoms with Crippen LogP contribution in [0.5, 0.6) is 11.5 Å². The molecule has 6 nitrogen and oxygen atoms in total. The van der Waals surface area contributed by atoms with Gasteiger partial charge in [0.2, 0.25) is 5.91 Å². The zero-order chi connectivity index (χ0) is 16.7. The van der Waals surface area contributed by atoms with E-state index in [4.69, 9.17) is 15.2 Å². The van der Waals surface area contributed by atoms with Crippen LogP contribution in [-0.2, 0) is 9.59 Å². The van der Waals surface area contributed by atoms with E-state index in [0.717, 1.165) is 0 Å². The number of nitrogens with two attached hydrogens (primary N) is 1. The number of hydrogen-bond acceptors (Lipinski definition) is 4. The number of hydrogen-bond donors (Lipinski definition) is 2. The molecule has 0 radical (unpaired) electrons. The Kier molecular flexibility index (Phi) is 5.57. The van der Waals surface area contributed by atoms with Gasteiger partial charge in [0.15, 0.2) is 6.61 Å². The number of carbonyl (C=O) groups excluding carboxylic acids is 2. The molecule has 0 bridgehead atoms. The van der Waals surface area contributed by atoms with Crippen LogP contribution in [0.3, 0.4) is 0 Å². The van der Waals surface area contributed by atoms with Gasteiger partial charge < -0.3 is 20.5 Å². The van der Waals surface area contributed by atoms with Crippen molar-refractivity contribution in [2.24, 2.45) is 5.73 Å². The summed E-state index contributed by atoms with van der Waals surface area (Å²) in [4.78, 5) is 23.5. The molecule has 2 rings (SSSR count). The molecule has 6 heteroatoms. The Morgan fingerprint density at radius 2 is 1.65 bits per heavy atom. The van der Waals surface area contributed by atoms with Crippen molar-refractivity contribution in [1.29, 1.82) is 0 Å². The third kappa shape index (κ3) is 4.74. The summed E-state index contributed by atoms with van der Waals surface area (Å²) in [5.74, 6) is 0.151. The average molecular weight is 314 g/mol. The summed E-state index contributed by atoms with van der Waals surface area (Å²) in [5.41, 5.74) is 5.97. The first-order chi connectivity index (χ1) is 11.1. The lowest BCUT2D eigenvalue weighted by Crippen LogP contribution is -2.39. The van der Waals surface area contributed by atoms with Crippen molar-refractivity contribution in [3.63, 3.8) is 0 Å². The normalized spacial score (nSPS) is 11.3. The Hall–Kier alpha value is -3.02. The van der Waals surface area contributed by atoms with E-state index in [1.165, 1.54) is 0 Å². The molecule has 23 heavy (non-hydrogen) atoms. The molecule has 0 heterocycles. The van der Waals surface area contributed by atoms with E-state index in [1.54, 1.807) is 55.6 Å². The van der Waals surface area contributed by atoms with Gasteiger partial charge in [-0.1, -0.05) is 30.3 Å². The van der Waals surface area contributed by atoms with Crippen LogP contribution < -0.4 is 20.5 Å². The highest BCUT2D eigenvalue weighted by Gasteiger charge is 2.20. The van der Waals surface area contributed by atoms with Crippen LogP contribution in [0.1, 0.15) is 11.6 Å². The zero-order valence-corrected chi connectivity index (χ0v) is 12.7. The summed E-state index contributed by atoms with van der Waals surface area (Å²) >= 11 is 0. The Morgan fingerprint density at radius 1 is 1.04 bits per heavy atom. The predicted octanol–water partition coefficient (Wildman–Crippen LogP) is 1.42. The van der Waals surface area contributed by atoms with E-state index in [2.05, 4.69) is 5.32 Å². The minimum absolute atomic E-state index is 0.219. The van der Waals surface area contributed by atoms with Gasteiger partial charge in [-0.3, -0.25) is 9.59 Å². The molecule has 1 unspecified atom stereocenters. The van der Waals surface area contributed by atoms with Gasteiger partial charge in [-0.25, -0.2) is 0 Å². The Labute approximate surface area is 134 Å². The number of benzene rings is 2. The second-order valence-electron chi connectivity index (χ2n) is 4.78. The summed E-state index contributed by atoms with van der Waals surface area (Å²) in [6, 6.07) is 14.7. The van der Waals surface area contributed by atoms with Gasteiger partial charge in [-0.2, -0.15) is 0 Å². The fourth-order valence-electron chi connectivity index (χ4n) is 1.99. The lowest BCUT2D eigenvalue weighted by molar-refractivity contribution is -0.128. The second-order valence-corrected chi connectivity index (χ2v) is 4.78. The quantitative estimate of drug-likeness (QED) is 0.808. The first-order valence-electron chi connectivity index (χ1n) is 7.00. The molecule has 3 N–H and O–H groups in total. The van der Waals surface area contributed by atoms with Crippen molar-refractivity contribution >= 4 is 11.8 Å². The number of carbonyl (C=O) groups is 2. The number of ether oxygens (including phenoxy) is 2. The first kappa shape index (κ1) is 16.4. The summed E-state index contributed by atoms with van der Waals surface area (Å²) in [6.07, 6.45) is 0. The van der Waals surface area contributed by atoms with Crippen LogP contribution in [0.4, 0.5) is 0 Å². The third-order valence-corrected chi connectivity index (χ3v) is 3.15. The second kappa shape index (κ2) is 7.84. The maximum absolute atomic E-state index is 12.0. The van der Waals surface area contributed by atoms with Crippen molar-refractivity contribution in [2.45, 2.75) is 6.04 Å². The van der Waals surface area contributed by atoms with Gasteiger partial charge in [0.05, 0.1) is 7.11 Å². The highest BCUT2D eigenvalue weighted by Crippen LogP contribution is 2.17. The van der Waals surface area contributed by atoms with Gasteiger partial charge in [0, 0.05) is 0 Å². The topological polar surface area (TPSA) is 90.7 Å². The maximum atomic E-state index is 12.0. The van der Waals surface area contributed by atoms with E-state index < -0.39 is 17.9 Å². The molecule has 0 aliphatic heterocycles. The van der Waals surface area contributed by atoms with Crippen molar-refractivity contribution in [2.75, 3.05) is 13.7 Å². The van der Waals surface area contributed by atoms with E-state index >= 15 is 0 Å². The molecule has 0 spiro atoms. The first-order valence-corrected chi connectivity index (χ1v) is 7.00. The molecule has 2 aromatic carbocycles. The fraction of sp³-hybridized carbons (Fsp3) is 0.176. The van der Waals surface area contributed by atoms with E-state index in [0.29, 0.717) is 17.1 Å².